The molecular weight excluding hydrogens is 478 g/mol. The predicted molar refractivity (Wildman–Crippen MR) is 128 cm³/mol. The highest BCUT2D eigenvalue weighted by atomic mass is 35.5. The Kier molecular flexibility index (Phi) is 7.05. The molecular formula is C24H27ClF2N6O2. The van der Waals surface area contributed by atoms with Crippen LogP contribution in [0, 0.1) is 5.92 Å². The molecule has 0 spiro atoms. The summed E-state index contributed by atoms with van der Waals surface area (Å²) in [5, 5.41) is 15.0. The number of carbonyl (C=O) groups is 1. The maximum atomic E-state index is 13.5. The van der Waals surface area contributed by atoms with Crippen LogP contribution in [0.3, 0.4) is 0 Å². The van der Waals surface area contributed by atoms with Gasteiger partial charge in [-0.05, 0) is 38.5 Å². The fourth-order valence-corrected chi connectivity index (χ4v) is 4.66. The van der Waals surface area contributed by atoms with Crippen LogP contribution < -0.4 is 0 Å². The zero-order chi connectivity index (χ0) is 25.3. The molecule has 2 N–H and O–H groups in total. The van der Waals surface area contributed by atoms with Crippen LogP contribution >= 0.6 is 11.6 Å². The van der Waals surface area contributed by atoms with E-state index in [9.17, 15) is 18.7 Å². The standard InChI is InChI=1S/C17H22F2N4O2.C7H5ClN2/c1-4-9-12(13(15(18)19)22-14(9)17(2,3)25)16(24)23-6-5-10-11(7-23)21-8-20-10;8-6-2-1-5-10-7(6)3-4-9-10/h8-9,15,25H,4-7H2,1-3H3,(H,20,21);1-5H. The van der Waals surface area contributed by atoms with E-state index >= 15 is 0 Å². The van der Waals surface area contributed by atoms with E-state index < -0.39 is 29.5 Å². The fraction of sp³-hybridized carbons (Fsp3) is 0.417. The number of aromatic nitrogens is 4. The molecule has 3 aromatic heterocycles. The number of allylic oxidation sites excluding steroid dienone is 1. The topological polar surface area (TPSA) is 98.9 Å². The second-order valence-corrected chi connectivity index (χ2v) is 9.35. The Morgan fingerprint density at radius 1 is 1.37 bits per heavy atom. The molecule has 2 aliphatic heterocycles. The van der Waals surface area contributed by atoms with Crippen molar-refractivity contribution >= 4 is 28.7 Å². The van der Waals surface area contributed by atoms with Gasteiger partial charge < -0.3 is 15.0 Å². The van der Waals surface area contributed by atoms with Gasteiger partial charge in [0.25, 0.3) is 12.3 Å². The molecule has 0 saturated heterocycles. The number of hydrogen-bond acceptors (Lipinski definition) is 5. The van der Waals surface area contributed by atoms with E-state index in [0.29, 0.717) is 25.9 Å². The van der Waals surface area contributed by atoms with Crippen molar-refractivity contribution in [3.05, 3.63) is 64.6 Å². The number of aromatic amines is 1. The lowest BCUT2D eigenvalue weighted by atomic mass is 9.84. The summed E-state index contributed by atoms with van der Waals surface area (Å²) in [5.74, 6) is -1.04. The van der Waals surface area contributed by atoms with Crippen LogP contribution in [-0.4, -0.2) is 59.8 Å². The number of H-pyrrole nitrogens is 1. The number of nitrogens with one attached hydrogen (secondary N) is 1. The molecule has 5 heterocycles. The Bertz CT molecular complexity index is 1290. The first kappa shape index (κ1) is 25.0. The first-order valence-electron chi connectivity index (χ1n) is 11.3. The number of imidazole rings is 1. The highest BCUT2D eigenvalue weighted by molar-refractivity contribution is 6.33. The second kappa shape index (κ2) is 9.87. The van der Waals surface area contributed by atoms with E-state index in [4.69, 9.17) is 11.6 Å². The van der Waals surface area contributed by atoms with Gasteiger partial charge in [0.2, 0.25) is 0 Å². The SMILES string of the molecule is CCC1C(C(C)(C)O)=NC(C(F)F)=C1C(=O)N1CCc2nc[nH]c2C1.Clc1cccn2nccc12. The molecule has 0 aliphatic carbocycles. The Hall–Kier alpha value is -3.11. The van der Waals surface area contributed by atoms with Crippen molar-refractivity contribution in [3.8, 4) is 0 Å². The number of amides is 1. The van der Waals surface area contributed by atoms with Crippen LogP contribution in [0.15, 0.2) is 53.2 Å². The Morgan fingerprint density at radius 3 is 2.80 bits per heavy atom. The molecule has 11 heteroatoms. The van der Waals surface area contributed by atoms with Gasteiger partial charge in [-0.2, -0.15) is 5.10 Å². The van der Waals surface area contributed by atoms with Gasteiger partial charge in [0.1, 0.15) is 5.70 Å². The second-order valence-electron chi connectivity index (χ2n) is 8.94. The van der Waals surface area contributed by atoms with Crippen molar-refractivity contribution in [2.75, 3.05) is 6.54 Å². The highest BCUT2D eigenvalue weighted by Crippen LogP contribution is 2.37. The molecule has 1 unspecified atom stereocenters. The summed E-state index contributed by atoms with van der Waals surface area (Å²) in [6, 6.07) is 5.59. The van der Waals surface area contributed by atoms with Crippen molar-refractivity contribution < 1.29 is 18.7 Å². The minimum atomic E-state index is -2.86. The van der Waals surface area contributed by atoms with E-state index in [-0.39, 0.29) is 11.3 Å². The lowest BCUT2D eigenvalue weighted by Gasteiger charge is -2.30. The first-order valence-corrected chi connectivity index (χ1v) is 11.7. The van der Waals surface area contributed by atoms with Crippen LogP contribution in [0.1, 0.15) is 38.6 Å². The molecule has 3 aromatic rings. The van der Waals surface area contributed by atoms with Crippen molar-refractivity contribution in [2.24, 2.45) is 10.9 Å². The van der Waals surface area contributed by atoms with Crippen LogP contribution in [0.4, 0.5) is 8.78 Å². The molecule has 0 saturated carbocycles. The fourth-order valence-electron chi connectivity index (χ4n) is 4.44. The van der Waals surface area contributed by atoms with Gasteiger partial charge in [0.15, 0.2) is 0 Å². The third kappa shape index (κ3) is 4.99. The van der Waals surface area contributed by atoms with E-state index in [1.54, 1.807) is 28.9 Å². The number of carbonyl (C=O) groups excluding carboxylic acids is 1. The lowest BCUT2D eigenvalue weighted by molar-refractivity contribution is -0.128. The minimum Gasteiger partial charge on any atom is -0.384 e. The zero-order valence-corrected chi connectivity index (χ0v) is 20.4. The maximum absolute atomic E-state index is 13.5. The molecule has 0 fully saturated rings. The molecule has 1 atom stereocenters. The van der Waals surface area contributed by atoms with Crippen LogP contribution in [0.2, 0.25) is 5.02 Å². The van der Waals surface area contributed by atoms with Crippen molar-refractivity contribution in [3.63, 3.8) is 0 Å². The third-order valence-corrected chi connectivity index (χ3v) is 6.43. The smallest absolute Gasteiger partial charge is 0.280 e. The Morgan fingerprint density at radius 2 is 2.14 bits per heavy atom. The molecule has 0 radical (unpaired) electrons. The summed E-state index contributed by atoms with van der Waals surface area (Å²) in [6.07, 6.45) is 3.30. The van der Waals surface area contributed by atoms with Gasteiger partial charge in [-0.1, -0.05) is 18.5 Å². The van der Waals surface area contributed by atoms with Crippen LogP contribution in [0.25, 0.3) is 5.52 Å². The van der Waals surface area contributed by atoms with Gasteiger partial charge in [0.05, 0.1) is 57.9 Å². The summed E-state index contributed by atoms with van der Waals surface area (Å²) in [4.78, 5) is 25.7. The average Bonchev–Trinajstić information content (AvgIpc) is 3.55. The van der Waals surface area contributed by atoms with E-state index in [1.807, 2.05) is 24.4 Å². The molecule has 1 amide bonds. The number of aliphatic hydroxyl groups is 1. The number of fused-ring (bicyclic) bond motifs is 2. The van der Waals surface area contributed by atoms with Crippen molar-refractivity contribution in [1.82, 2.24) is 24.5 Å². The summed E-state index contributed by atoms with van der Waals surface area (Å²) in [7, 11) is 0. The van der Waals surface area contributed by atoms with E-state index in [0.717, 1.165) is 21.9 Å². The van der Waals surface area contributed by atoms with Gasteiger partial charge in [-0.3, -0.25) is 9.79 Å². The number of rotatable bonds is 4. The summed E-state index contributed by atoms with van der Waals surface area (Å²) in [5.41, 5.74) is 1.05. The zero-order valence-electron chi connectivity index (χ0n) is 19.7. The number of pyridine rings is 1. The summed E-state index contributed by atoms with van der Waals surface area (Å²) in [6.45, 7) is 5.54. The van der Waals surface area contributed by atoms with Crippen LogP contribution in [0.5, 0.6) is 0 Å². The number of hydrogen-bond donors (Lipinski definition) is 2. The lowest BCUT2D eigenvalue weighted by Crippen LogP contribution is -2.41. The summed E-state index contributed by atoms with van der Waals surface area (Å²) < 4.78 is 28.8. The van der Waals surface area contributed by atoms with E-state index in [1.165, 1.54) is 13.8 Å². The molecule has 5 rings (SSSR count). The Labute approximate surface area is 206 Å². The first-order chi connectivity index (χ1) is 16.6. The maximum Gasteiger partial charge on any atom is 0.280 e. The van der Waals surface area contributed by atoms with Gasteiger partial charge in [-0.15, -0.1) is 0 Å². The predicted octanol–water partition coefficient (Wildman–Crippen LogP) is 4.05. The van der Waals surface area contributed by atoms with E-state index in [2.05, 4.69) is 20.1 Å². The molecule has 8 nitrogen and oxygen atoms in total. The summed E-state index contributed by atoms with van der Waals surface area (Å²) >= 11 is 5.84. The minimum absolute atomic E-state index is 0.0117. The molecule has 0 bridgehead atoms. The molecule has 2 aliphatic rings. The molecule has 186 valence electrons. The largest absolute Gasteiger partial charge is 0.384 e. The number of halogens is 3. The van der Waals surface area contributed by atoms with Crippen molar-refractivity contribution in [1.29, 1.82) is 0 Å². The normalized spacial score (nSPS) is 18.0. The number of alkyl halides is 2. The Balaban J connectivity index is 0.000000239. The number of nitrogens with zero attached hydrogens (tertiary/aromatic N) is 5. The van der Waals surface area contributed by atoms with Gasteiger partial charge >= 0.3 is 0 Å². The highest BCUT2D eigenvalue weighted by Gasteiger charge is 2.43. The van der Waals surface area contributed by atoms with Crippen molar-refractivity contribution in [2.45, 2.75) is 52.2 Å². The number of aliphatic imine (C=N–C) groups is 1. The van der Waals surface area contributed by atoms with Gasteiger partial charge in [0, 0.05) is 25.1 Å². The van der Waals surface area contributed by atoms with Crippen LogP contribution in [-0.2, 0) is 17.8 Å². The third-order valence-electron chi connectivity index (χ3n) is 6.11. The van der Waals surface area contributed by atoms with Gasteiger partial charge in [-0.25, -0.2) is 18.3 Å². The molecule has 35 heavy (non-hydrogen) atoms. The quantitative estimate of drug-likeness (QED) is 0.560. The average molecular weight is 505 g/mol. The monoisotopic (exact) mass is 504 g/mol. The molecule has 0 aromatic carbocycles.